The number of nitrogens with zero attached hydrogens (tertiary/aromatic N) is 2. The predicted molar refractivity (Wildman–Crippen MR) is 91.9 cm³/mol. The zero-order valence-corrected chi connectivity index (χ0v) is 15.7. The van der Waals surface area contributed by atoms with Crippen molar-refractivity contribution in [1.29, 1.82) is 0 Å². The van der Waals surface area contributed by atoms with Crippen molar-refractivity contribution in [3.8, 4) is 0 Å². The molecule has 0 bridgehead atoms. The number of aryl methyl sites for hydroxylation is 1. The fourth-order valence-electron chi connectivity index (χ4n) is 2.46. The second-order valence-corrected chi connectivity index (χ2v) is 7.79. The lowest BCUT2D eigenvalue weighted by atomic mass is 10.1. The van der Waals surface area contributed by atoms with Crippen molar-refractivity contribution in [2.45, 2.75) is 39.8 Å². The molecule has 1 aromatic rings. The quantitative estimate of drug-likeness (QED) is 0.771. The maximum absolute atomic E-state index is 13.7. The van der Waals surface area contributed by atoms with Crippen molar-refractivity contribution in [3.63, 3.8) is 0 Å². The van der Waals surface area contributed by atoms with Crippen LogP contribution in [0.4, 0.5) is 9.18 Å². The number of hydrogen-bond acceptors (Lipinski definition) is 3. The highest BCUT2D eigenvalue weighted by Crippen LogP contribution is 2.23. The second-order valence-electron chi connectivity index (χ2n) is 6.94. The Morgan fingerprint density at radius 2 is 1.87 bits per heavy atom. The van der Waals surface area contributed by atoms with Crippen LogP contribution < -0.4 is 0 Å². The monoisotopic (exact) mass is 386 g/mol. The summed E-state index contributed by atoms with van der Waals surface area (Å²) in [6.45, 7) is 10.8. The Kier molecular flexibility index (Phi) is 5.68. The molecule has 1 saturated heterocycles. The van der Waals surface area contributed by atoms with Gasteiger partial charge in [0.15, 0.2) is 0 Å². The molecule has 128 valence electrons. The maximum atomic E-state index is 13.7. The zero-order valence-electron chi connectivity index (χ0n) is 14.2. The molecule has 1 aromatic carbocycles. The van der Waals surface area contributed by atoms with Crippen molar-refractivity contribution in [3.05, 3.63) is 33.5 Å². The number of rotatable bonds is 2. The van der Waals surface area contributed by atoms with Crippen LogP contribution >= 0.6 is 15.9 Å². The Morgan fingerprint density at radius 1 is 1.26 bits per heavy atom. The maximum Gasteiger partial charge on any atom is 0.410 e. The molecule has 0 saturated carbocycles. The summed E-state index contributed by atoms with van der Waals surface area (Å²) in [5, 5.41) is 0. The van der Waals surface area contributed by atoms with Gasteiger partial charge in [-0.3, -0.25) is 4.90 Å². The smallest absolute Gasteiger partial charge is 0.410 e. The second kappa shape index (κ2) is 7.18. The van der Waals surface area contributed by atoms with E-state index < -0.39 is 5.60 Å². The molecular weight excluding hydrogens is 363 g/mol. The van der Waals surface area contributed by atoms with Crippen LogP contribution in [0.25, 0.3) is 0 Å². The molecule has 0 N–H and O–H groups in total. The van der Waals surface area contributed by atoms with Gasteiger partial charge in [0, 0.05) is 37.2 Å². The summed E-state index contributed by atoms with van der Waals surface area (Å²) in [5.41, 5.74) is 1.09. The van der Waals surface area contributed by atoms with Crippen LogP contribution in [0, 0.1) is 12.7 Å². The SMILES string of the molecule is Cc1cc(Br)c(CN2CCN(C(=O)OC(C)(C)C)CC2)cc1F. The first-order chi connectivity index (χ1) is 10.7. The van der Waals surface area contributed by atoms with Gasteiger partial charge in [0.05, 0.1) is 0 Å². The fourth-order valence-corrected chi connectivity index (χ4v) is 3.05. The van der Waals surface area contributed by atoms with E-state index in [1.54, 1.807) is 17.9 Å². The first kappa shape index (κ1) is 18.2. The zero-order chi connectivity index (χ0) is 17.2. The van der Waals surface area contributed by atoms with E-state index in [2.05, 4.69) is 20.8 Å². The first-order valence-electron chi connectivity index (χ1n) is 7.80. The molecule has 6 heteroatoms. The van der Waals surface area contributed by atoms with Gasteiger partial charge in [-0.2, -0.15) is 0 Å². The average molecular weight is 387 g/mol. The minimum Gasteiger partial charge on any atom is -0.444 e. The minimum absolute atomic E-state index is 0.185. The van der Waals surface area contributed by atoms with E-state index in [0.717, 1.165) is 23.1 Å². The fraction of sp³-hybridized carbons (Fsp3) is 0.588. The van der Waals surface area contributed by atoms with E-state index in [1.807, 2.05) is 26.8 Å². The summed E-state index contributed by atoms with van der Waals surface area (Å²) in [5.74, 6) is -0.185. The highest BCUT2D eigenvalue weighted by atomic mass is 79.9. The molecular formula is C17H24BrFN2O2. The van der Waals surface area contributed by atoms with Crippen molar-refractivity contribution in [2.75, 3.05) is 26.2 Å². The molecule has 0 aliphatic carbocycles. The highest BCUT2D eigenvalue weighted by molar-refractivity contribution is 9.10. The van der Waals surface area contributed by atoms with Gasteiger partial charge < -0.3 is 9.64 Å². The van der Waals surface area contributed by atoms with Gasteiger partial charge in [0.1, 0.15) is 11.4 Å². The van der Waals surface area contributed by atoms with Gasteiger partial charge in [-0.05, 0) is 51.0 Å². The molecule has 4 nitrogen and oxygen atoms in total. The van der Waals surface area contributed by atoms with E-state index in [1.165, 1.54) is 0 Å². The van der Waals surface area contributed by atoms with E-state index >= 15 is 0 Å². The minimum atomic E-state index is -0.474. The van der Waals surface area contributed by atoms with Crippen molar-refractivity contribution in [1.82, 2.24) is 9.80 Å². The molecule has 1 fully saturated rings. The van der Waals surface area contributed by atoms with Crippen LogP contribution in [0.5, 0.6) is 0 Å². The average Bonchev–Trinajstić information content (AvgIpc) is 2.43. The Bertz CT molecular complexity index is 579. The summed E-state index contributed by atoms with van der Waals surface area (Å²) in [6.07, 6.45) is -0.264. The van der Waals surface area contributed by atoms with Gasteiger partial charge in [-0.15, -0.1) is 0 Å². The van der Waals surface area contributed by atoms with E-state index in [4.69, 9.17) is 4.74 Å². The molecule has 0 aromatic heterocycles. The van der Waals surface area contributed by atoms with Gasteiger partial charge in [0.2, 0.25) is 0 Å². The summed E-state index contributed by atoms with van der Waals surface area (Å²) in [4.78, 5) is 16.0. The van der Waals surface area contributed by atoms with Crippen molar-refractivity contribution >= 4 is 22.0 Å². The van der Waals surface area contributed by atoms with Gasteiger partial charge in [-0.25, -0.2) is 9.18 Å². The molecule has 1 heterocycles. The lowest BCUT2D eigenvalue weighted by Gasteiger charge is -2.35. The van der Waals surface area contributed by atoms with Crippen LogP contribution in [-0.4, -0.2) is 47.7 Å². The highest BCUT2D eigenvalue weighted by Gasteiger charge is 2.26. The number of halogens is 2. The summed E-state index contributed by atoms with van der Waals surface area (Å²) >= 11 is 3.50. The van der Waals surface area contributed by atoms with Gasteiger partial charge >= 0.3 is 6.09 Å². The van der Waals surface area contributed by atoms with Crippen molar-refractivity contribution in [2.24, 2.45) is 0 Å². The van der Waals surface area contributed by atoms with Crippen molar-refractivity contribution < 1.29 is 13.9 Å². The van der Waals surface area contributed by atoms with Crippen LogP contribution in [0.3, 0.4) is 0 Å². The van der Waals surface area contributed by atoms with Crippen LogP contribution in [0.1, 0.15) is 31.9 Å². The third-order valence-electron chi connectivity index (χ3n) is 3.75. The third kappa shape index (κ3) is 5.18. The third-order valence-corrected chi connectivity index (χ3v) is 4.48. The van der Waals surface area contributed by atoms with E-state index in [9.17, 15) is 9.18 Å². The molecule has 1 aliphatic heterocycles. The van der Waals surface area contributed by atoms with Crippen LogP contribution in [-0.2, 0) is 11.3 Å². The number of carbonyl (C=O) groups excluding carboxylic acids is 1. The number of piperazine rings is 1. The number of benzene rings is 1. The molecule has 1 aliphatic rings. The summed E-state index contributed by atoms with van der Waals surface area (Å²) < 4.78 is 20.0. The molecule has 0 unspecified atom stereocenters. The molecule has 23 heavy (non-hydrogen) atoms. The normalized spacial score (nSPS) is 16.5. The predicted octanol–water partition coefficient (Wildman–Crippen LogP) is 3.95. The summed E-state index contributed by atoms with van der Waals surface area (Å²) in [6, 6.07) is 3.39. The van der Waals surface area contributed by atoms with Gasteiger partial charge in [-0.1, -0.05) is 15.9 Å². The topological polar surface area (TPSA) is 32.8 Å². The number of amides is 1. The van der Waals surface area contributed by atoms with E-state index in [0.29, 0.717) is 25.2 Å². The number of ether oxygens (including phenoxy) is 1. The molecule has 0 radical (unpaired) electrons. The lowest BCUT2D eigenvalue weighted by Crippen LogP contribution is -2.49. The molecule has 0 atom stereocenters. The number of carbonyl (C=O) groups is 1. The first-order valence-corrected chi connectivity index (χ1v) is 8.60. The number of hydrogen-bond donors (Lipinski definition) is 0. The Labute approximate surface area is 145 Å². The summed E-state index contributed by atoms with van der Waals surface area (Å²) in [7, 11) is 0. The molecule has 1 amide bonds. The molecule has 2 rings (SSSR count). The van der Waals surface area contributed by atoms with Crippen LogP contribution in [0.15, 0.2) is 16.6 Å². The largest absolute Gasteiger partial charge is 0.444 e. The lowest BCUT2D eigenvalue weighted by molar-refractivity contribution is 0.0139. The Morgan fingerprint density at radius 3 is 2.43 bits per heavy atom. The standard InChI is InChI=1S/C17H24BrFN2O2/c1-12-9-14(18)13(10-15(12)19)11-20-5-7-21(8-6-20)16(22)23-17(2,3)4/h9-10H,5-8,11H2,1-4H3. The Balaban J connectivity index is 1.90. The Hall–Kier alpha value is -1.14. The van der Waals surface area contributed by atoms with E-state index in [-0.39, 0.29) is 11.9 Å². The van der Waals surface area contributed by atoms with Crippen LogP contribution in [0.2, 0.25) is 0 Å². The molecule has 0 spiro atoms. The van der Waals surface area contributed by atoms with Gasteiger partial charge in [0.25, 0.3) is 0 Å².